The van der Waals surface area contributed by atoms with Crippen LogP contribution in [0.15, 0.2) is 11.4 Å². The SMILES string of the molecule is CC1CC(C)C(C)N(c2nc(Cl)nc3ccsc23)C1. The van der Waals surface area contributed by atoms with Crippen molar-refractivity contribution in [2.45, 2.75) is 33.2 Å². The molecule has 1 aliphatic rings. The molecule has 19 heavy (non-hydrogen) atoms. The Morgan fingerprint density at radius 1 is 1.32 bits per heavy atom. The third-order valence-corrected chi connectivity index (χ3v) is 5.20. The first-order valence-electron chi connectivity index (χ1n) is 6.73. The minimum atomic E-state index is 0.346. The molecule has 3 nitrogen and oxygen atoms in total. The lowest BCUT2D eigenvalue weighted by Crippen LogP contribution is -2.46. The first-order chi connectivity index (χ1) is 9.06. The molecule has 1 aliphatic heterocycles. The molecule has 3 heterocycles. The number of hydrogen-bond donors (Lipinski definition) is 0. The zero-order valence-corrected chi connectivity index (χ0v) is 13.0. The van der Waals surface area contributed by atoms with Gasteiger partial charge in [0, 0.05) is 12.6 Å². The highest BCUT2D eigenvalue weighted by molar-refractivity contribution is 7.17. The number of aromatic nitrogens is 2. The van der Waals surface area contributed by atoms with Crippen molar-refractivity contribution in [3.05, 3.63) is 16.7 Å². The van der Waals surface area contributed by atoms with Crippen LogP contribution in [0.3, 0.4) is 0 Å². The van der Waals surface area contributed by atoms with Crippen molar-refractivity contribution in [1.29, 1.82) is 0 Å². The van der Waals surface area contributed by atoms with Gasteiger partial charge >= 0.3 is 0 Å². The average molecular weight is 296 g/mol. The quantitative estimate of drug-likeness (QED) is 0.738. The van der Waals surface area contributed by atoms with E-state index in [1.54, 1.807) is 11.3 Å². The van der Waals surface area contributed by atoms with E-state index >= 15 is 0 Å². The zero-order valence-electron chi connectivity index (χ0n) is 11.4. The number of rotatable bonds is 1. The molecule has 2 aromatic heterocycles. The topological polar surface area (TPSA) is 29.0 Å². The van der Waals surface area contributed by atoms with Gasteiger partial charge in [0.2, 0.25) is 5.28 Å². The van der Waals surface area contributed by atoms with Crippen LogP contribution in [-0.4, -0.2) is 22.6 Å². The average Bonchev–Trinajstić information content (AvgIpc) is 2.80. The lowest BCUT2D eigenvalue weighted by Gasteiger charge is -2.42. The van der Waals surface area contributed by atoms with Gasteiger partial charge in [-0.05, 0) is 48.2 Å². The molecule has 5 heteroatoms. The minimum absolute atomic E-state index is 0.346. The van der Waals surface area contributed by atoms with Gasteiger partial charge in [0.15, 0.2) is 5.82 Å². The molecule has 102 valence electrons. The van der Waals surface area contributed by atoms with Crippen molar-refractivity contribution in [2.24, 2.45) is 11.8 Å². The number of halogens is 1. The predicted molar refractivity (Wildman–Crippen MR) is 82.2 cm³/mol. The summed E-state index contributed by atoms with van der Waals surface area (Å²) in [5.41, 5.74) is 0.957. The van der Waals surface area contributed by atoms with Crippen LogP contribution in [0.5, 0.6) is 0 Å². The molecule has 0 saturated carbocycles. The Labute approximate surface area is 122 Å². The molecule has 0 spiro atoms. The van der Waals surface area contributed by atoms with Gasteiger partial charge in [-0.25, -0.2) is 4.98 Å². The van der Waals surface area contributed by atoms with Crippen LogP contribution in [-0.2, 0) is 0 Å². The van der Waals surface area contributed by atoms with Crippen molar-refractivity contribution < 1.29 is 0 Å². The number of anilines is 1. The van der Waals surface area contributed by atoms with Crippen molar-refractivity contribution in [2.75, 3.05) is 11.4 Å². The third kappa shape index (κ3) is 2.32. The van der Waals surface area contributed by atoms with Gasteiger partial charge in [-0.1, -0.05) is 13.8 Å². The molecule has 2 aromatic rings. The third-order valence-electron chi connectivity index (χ3n) is 4.13. The van der Waals surface area contributed by atoms with Crippen molar-refractivity contribution in [1.82, 2.24) is 9.97 Å². The van der Waals surface area contributed by atoms with Crippen molar-refractivity contribution >= 4 is 39.0 Å². The summed E-state index contributed by atoms with van der Waals surface area (Å²) in [4.78, 5) is 11.2. The Balaban J connectivity index is 2.09. The Kier molecular flexibility index (Phi) is 3.39. The molecule has 0 aliphatic carbocycles. The molecule has 0 bridgehead atoms. The summed E-state index contributed by atoms with van der Waals surface area (Å²) >= 11 is 7.77. The highest BCUT2D eigenvalue weighted by atomic mass is 35.5. The second-order valence-electron chi connectivity index (χ2n) is 5.66. The molecule has 0 aromatic carbocycles. The summed E-state index contributed by atoms with van der Waals surface area (Å²) in [5, 5.41) is 2.40. The molecule has 0 N–H and O–H groups in total. The highest BCUT2D eigenvalue weighted by Gasteiger charge is 2.31. The standard InChI is InChI=1S/C14H18ClN3S/c1-8-6-9(2)10(3)18(7-8)13-12-11(4-5-19-12)16-14(15)17-13/h4-5,8-10H,6-7H2,1-3H3. The van der Waals surface area contributed by atoms with Crippen LogP contribution in [0.4, 0.5) is 5.82 Å². The van der Waals surface area contributed by atoms with E-state index < -0.39 is 0 Å². The highest BCUT2D eigenvalue weighted by Crippen LogP contribution is 2.36. The maximum atomic E-state index is 6.08. The normalized spacial score (nSPS) is 28.0. The largest absolute Gasteiger partial charge is 0.352 e. The van der Waals surface area contributed by atoms with Gasteiger partial charge in [-0.2, -0.15) is 4.98 Å². The van der Waals surface area contributed by atoms with E-state index in [0.717, 1.165) is 22.6 Å². The Bertz CT molecular complexity index is 597. The Morgan fingerprint density at radius 2 is 2.11 bits per heavy atom. The van der Waals surface area contributed by atoms with Crippen LogP contribution < -0.4 is 4.90 Å². The van der Waals surface area contributed by atoms with Gasteiger partial charge in [0.25, 0.3) is 0 Å². The number of thiophene rings is 1. The Hall–Kier alpha value is -0.870. The fourth-order valence-electron chi connectivity index (χ4n) is 3.01. The molecular weight excluding hydrogens is 278 g/mol. The van der Waals surface area contributed by atoms with E-state index in [4.69, 9.17) is 11.6 Å². The van der Waals surface area contributed by atoms with Crippen molar-refractivity contribution in [3.63, 3.8) is 0 Å². The smallest absolute Gasteiger partial charge is 0.224 e. The van der Waals surface area contributed by atoms with Crippen LogP contribution in [0, 0.1) is 11.8 Å². The van der Waals surface area contributed by atoms with E-state index in [0.29, 0.717) is 23.2 Å². The summed E-state index contributed by atoms with van der Waals surface area (Å²) < 4.78 is 1.15. The molecule has 0 amide bonds. The van der Waals surface area contributed by atoms with Crippen LogP contribution >= 0.6 is 22.9 Å². The molecule has 1 fully saturated rings. The summed E-state index contributed by atoms with van der Waals surface area (Å²) in [6, 6.07) is 2.51. The van der Waals surface area contributed by atoms with E-state index in [2.05, 4.69) is 41.0 Å². The van der Waals surface area contributed by atoms with Gasteiger partial charge < -0.3 is 4.90 Å². The van der Waals surface area contributed by atoms with Gasteiger partial charge in [-0.3, -0.25) is 0 Å². The molecule has 3 unspecified atom stereocenters. The number of fused-ring (bicyclic) bond motifs is 1. The predicted octanol–water partition coefficient (Wildman–Crippen LogP) is 4.22. The molecule has 0 radical (unpaired) electrons. The van der Waals surface area contributed by atoms with Gasteiger partial charge in [0.1, 0.15) is 0 Å². The minimum Gasteiger partial charge on any atom is -0.352 e. The van der Waals surface area contributed by atoms with Crippen LogP contribution in [0.25, 0.3) is 10.2 Å². The van der Waals surface area contributed by atoms with Gasteiger partial charge in [0.05, 0.1) is 10.2 Å². The van der Waals surface area contributed by atoms with Crippen molar-refractivity contribution in [3.8, 4) is 0 Å². The van der Waals surface area contributed by atoms with E-state index in [1.807, 2.05) is 6.07 Å². The van der Waals surface area contributed by atoms with Crippen LogP contribution in [0.2, 0.25) is 5.28 Å². The summed E-state index contributed by atoms with van der Waals surface area (Å²) in [6.07, 6.45) is 1.28. The second-order valence-corrected chi connectivity index (χ2v) is 6.92. The maximum absolute atomic E-state index is 6.08. The number of nitrogens with zero attached hydrogens (tertiary/aromatic N) is 3. The number of hydrogen-bond acceptors (Lipinski definition) is 4. The molecular formula is C14H18ClN3S. The fourth-order valence-corrected chi connectivity index (χ4v) is 4.02. The molecule has 3 rings (SSSR count). The summed E-state index contributed by atoms with van der Waals surface area (Å²) in [6.45, 7) is 7.96. The zero-order chi connectivity index (χ0) is 13.6. The first-order valence-corrected chi connectivity index (χ1v) is 7.99. The lowest BCUT2D eigenvalue weighted by atomic mass is 9.86. The lowest BCUT2D eigenvalue weighted by molar-refractivity contribution is 0.296. The van der Waals surface area contributed by atoms with E-state index in [1.165, 1.54) is 6.42 Å². The van der Waals surface area contributed by atoms with E-state index in [9.17, 15) is 0 Å². The second kappa shape index (κ2) is 4.91. The monoisotopic (exact) mass is 295 g/mol. The summed E-state index contributed by atoms with van der Waals surface area (Å²) in [5.74, 6) is 2.37. The first kappa shape index (κ1) is 13.1. The van der Waals surface area contributed by atoms with E-state index in [-0.39, 0.29) is 0 Å². The Morgan fingerprint density at radius 3 is 2.89 bits per heavy atom. The fraction of sp³-hybridized carbons (Fsp3) is 0.571. The maximum Gasteiger partial charge on any atom is 0.224 e. The van der Waals surface area contributed by atoms with Crippen LogP contribution in [0.1, 0.15) is 27.2 Å². The van der Waals surface area contributed by atoms with Gasteiger partial charge in [-0.15, -0.1) is 11.3 Å². The molecule has 1 saturated heterocycles. The molecule has 3 atom stereocenters. The number of piperidine rings is 1. The summed E-state index contributed by atoms with van der Waals surface area (Å²) in [7, 11) is 0.